The highest BCUT2D eigenvalue weighted by molar-refractivity contribution is 9.10. The maximum atomic E-state index is 12.5. The van der Waals surface area contributed by atoms with Gasteiger partial charge in [-0.2, -0.15) is 0 Å². The fourth-order valence-electron chi connectivity index (χ4n) is 3.05. The topological polar surface area (TPSA) is 79.5 Å². The van der Waals surface area contributed by atoms with Gasteiger partial charge in [-0.15, -0.1) is 0 Å². The lowest BCUT2D eigenvalue weighted by molar-refractivity contribution is -0.144. The zero-order valence-electron chi connectivity index (χ0n) is 12.1. The molecule has 1 heterocycles. The molecule has 0 atom stereocenters. The van der Waals surface area contributed by atoms with Crippen molar-refractivity contribution in [1.29, 1.82) is 0 Å². The van der Waals surface area contributed by atoms with E-state index in [1.807, 2.05) is 12.1 Å². The summed E-state index contributed by atoms with van der Waals surface area (Å²) in [5, 5.41) is 13.0. The van der Waals surface area contributed by atoms with Gasteiger partial charge in [-0.05, 0) is 38.0 Å². The fourth-order valence-corrected chi connectivity index (χ4v) is 3.42. The number of aliphatic carboxylic acids is 1. The highest BCUT2D eigenvalue weighted by Crippen LogP contribution is 2.32. The van der Waals surface area contributed by atoms with Gasteiger partial charge in [-0.25, -0.2) is 4.79 Å². The van der Waals surface area contributed by atoms with E-state index in [0.29, 0.717) is 24.0 Å². The standard InChI is InChI=1S/C16H16BrNO4/c1-9-11-8-10(17)4-5-12(11)22-13(9)14(19)18-16(15(20)21)6-2-3-7-16/h4-5,8H,2-3,6-7H2,1H3,(H,18,19)(H,20,21). The molecular formula is C16H16BrNO4. The number of hydrogen-bond donors (Lipinski definition) is 2. The van der Waals surface area contributed by atoms with Gasteiger partial charge in [-0.1, -0.05) is 28.8 Å². The zero-order valence-corrected chi connectivity index (χ0v) is 13.7. The van der Waals surface area contributed by atoms with Crippen LogP contribution in [-0.2, 0) is 4.79 Å². The molecule has 1 aliphatic carbocycles. The number of furan rings is 1. The molecule has 116 valence electrons. The van der Waals surface area contributed by atoms with Crippen molar-refractivity contribution in [1.82, 2.24) is 5.32 Å². The number of hydrogen-bond acceptors (Lipinski definition) is 3. The summed E-state index contributed by atoms with van der Waals surface area (Å²) in [6, 6.07) is 5.50. The van der Waals surface area contributed by atoms with Crippen LogP contribution in [0, 0.1) is 6.92 Å². The average Bonchev–Trinajstić information content (AvgIpc) is 3.06. The van der Waals surface area contributed by atoms with Crippen LogP contribution in [-0.4, -0.2) is 22.5 Å². The van der Waals surface area contributed by atoms with Gasteiger partial charge < -0.3 is 14.8 Å². The summed E-state index contributed by atoms with van der Waals surface area (Å²) in [4.78, 5) is 24.0. The minimum Gasteiger partial charge on any atom is -0.480 e. The van der Waals surface area contributed by atoms with Crippen molar-refractivity contribution in [2.75, 3.05) is 0 Å². The first-order valence-corrected chi connectivity index (χ1v) is 7.97. The van der Waals surface area contributed by atoms with E-state index in [1.165, 1.54) is 0 Å². The van der Waals surface area contributed by atoms with Gasteiger partial charge in [0.05, 0.1) is 0 Å². The van der Waals surface area contributed by atoms with Gasteiger partial charge >= 0.3 is 5.97 Å². The van der Waals surface area contributed by atoms with Gasteiger partial charge in [-0.3, -0.25) is 4.79 Å². The Morgan fingerprint density at radius 2 is 2.00 bits per heavy atom. The molecule has 0 aliphatic heterocycles. The summed E-state index contributed by atoms with van der Waals surface area (Å²) in [6.07, 6.45) is 2.52. The van der Waals surface area contributed by atoms with Crippen LogP contribution in [0.5, 0.6) is 0 Å². The normalized spacial score (nSPS) is 16.8. The molecule has 1 aliphatic rings. The second kappa shape index (κ2) is 5.43. The molecule has 0 unspecified atom stereocenters. The molecule has 0 saturated heterocycles. The number of carbonyl (C=O) groups is 2. The summed E-state index contributed by atoms with van der Waals surface area (Å²) >= 11 is 3.39. The Kier molecular flexibility index (Phi) is 3.72. The van der Waals surface area contributed by atoms with E-state index in [4.69, 9.17) is 4.42 Å². The Hall–Kier alpha value is -1.82. The third kappa shape index (κ3) is 2.41. The molecule has 1 aromatic heterocycles. The monoisotopic (exact) mass is 365 g/mol. The lowest BCUT2D eigenvalue weighted by atomic mass is 9.97. The molecule has 2 N–H and O–H groups in total. The molecule has 0 radical (unpaired) electrons. The lowest BCUT2D eigenvalue weighted by Gasteiger charge is -2.24. The minimum atomic E-state index is -1.16. The van der Waals surface area contributed by atoms with Crippen LogP contribution in [0.2, 0.25) is 0 Å². The number of fused-ring (bicyclic) bond motifs is 1. The van der Waals surface area contributed by atoms with Crippen molar-refractivity contribution >= 4 is 38.8 Å². The van der Waals surface area contributed by atoms with Crippen LogP contribution < -0.4 is 5.32 Å². The van der Waals surface area contributed by atoms with Gasteiger partial charge in [0.1, 0.15) is 11.1 Å². The highest BCUT2D eigenvalue weighted by Gasteiger charge is 2.43. The quantitative estimate of drug-likeness (QED) is 0.870. The summed E-state index contributed by atoms with van der Waals surface area (Å²) < 4.78 is 6.52. The van der Waals surface area contributed by atoms with E-state index < -0.39 is 17.4 Å². The molecule has 1 saturated carbocycles. The second-order valence-corrected chi connectivity index (χ2v) is 6.66. The molecule has 0 spiro atoms. The van der Waals surface area contributed by atoms with Crippen molar-refractivity contribution in [2.24, 2.45) is 0 Å². The SMILES string of the molecule is Cc1c(C(=O)NC2(C(=O)O)CCCC2)oc2ccc(Br)cc12. The van der Waals surface area contributed by atoms with Crippen LogP contribution in [0.15, 0.2) is 27.1 Å². The van der Waals surface area contributed by atoms with Gasteiger partial charge in [0.2, 0.25) is 0 Å². The molecule has 1 aromatic carbocycles. The van der Waals surface area contributed by atoms with E-state index in [-0.39, 0.29) is 5.76 Å². The summed E-state index contributed by atoms with van der Waals surface area (Å²) in [7, 11) is 0. The number of benzene rings is 1. The molecular weight excluding hydrogens is 350 g/mol. The molecule has 6 heteroatoms. The predicted molar refractivity (Wildman–Crippen MR) is 85.0 cm³/mol. The van der Waals surface area contributed by atoms with E-state index in [9.17, 15) is 14.7 Å². The number of aryl methyl sites for hydroxylation is 1. The molecule has 0 bridgehead atoms. The number of rotatable bonds is 3. The van der Waals surface area contributed by atoms with E-state index >= 15 is 0 Å². The van der Waals surface area contributed by atoms with E-state index in [2.05, 4.69) is 21.2 Å². The Morgan fingerprint density at radius 1 is 1.32 bits per heavy atom. The predicted octanol–water partition coefficient (Wildman–Crippen LogP) is 3.63. The summed E-state index contributed by atoms with van der Waals surface area (Å²) in [5.41, 5.74) is 0.164. The summed E-state index contributed by atoms with van der Waals surface area (Å²) in [6.45, 7) is 1.80. The van der Waals surface area contributed by atoms with Crippen LogP contribution in [0.25, 0.3) is 11.0 Å². The van der Waals surface area contributed by atoms with Crippen molar-refractivity contribution in [2.45, 2.75) is 38.1 Å². The molecule has 22 heavy (non-hydrogen) atoms. The molecule has 1 amide bonds. The highest BCUT2D eigenvalue weighted by atomic mass is 79.9. The first-order chi connectivity index (χ1) is 10.4. The first kappa shape index (κ1) is 15.1. The number of carboxylic acid groups (broad SMARTS) is 1. The van der Waals surface area contributed by atoms with Crippen molar-refractivity contribution in [3.05, 3.63) is 34.0 Å². The number of carboxylic acids is 1. The Balaban J connectivity index is 1.95. The lowest BCUT2D eigenvalue weighted by Crippen LogP contribution is -2.52. The smallest absolute Gasteiger partial charge is 0.329 e. The maximum absolute atomic E-state index is 12.5. The summed E-state index contributed by atoms with van der Waals surface area (Å²) in [5.74, 6) is -1.26. The molecule has 2 aromatic rings. The van der Waals surface area contributed by atoms with Gasteiger partial charge in [0.15, 0.2) is 5.76 Å². The van der Waals surface area contributed by atoms with Crippen molar-refractivity contribution in [3.63, 3.8) is 0 Å². The first-order valence-electron chi connectivity index (χ1n) is 7.17. The van der Waals surface area contributed by atoms with E-state index in [0.717, 1.165) is 22.7 Å². The third-order valence-electron chi connectivity index (χ3n) is 4.32. The maximum Gasteiger partial charge on any atom is 0.329 e. The van der Waals surface area contributed by atoms with Crippen LogP contribution in [0.1, 0.15) is 41.8 Å². The number of amides is 1. The Morgan fingerprint density at radius 3 is 2.64 bits per heavy atom. The number of nitrogens with one attached hydrogen (secondary N) is 1. The van der Waals surface area contributed by atoms with Crippen LogP contribution >= 0.6 is 15.9 Å². The number of halogens is 1. The van der Waals surface area contributed by atoms with E-state index in [1.54, 1.807) is 13.0 Å². The average molecular weight is 366 g/mol. The van der Waals surface area contributed by atoms with Crippen molar-refractivity contribution in [3.8, 4) is 0 Å². The van der Waals surface area contributed by atoms with Gasteiger partial charge in [0.25, 0.3) is 5.91 Å². The Bertz CT molecular complexity index is 759. The molecule has 5 nitrogen and oxygen atoms in total. The van der Waals surface area contributed by atoms with Crippen LogP contribution in [0.4, 0.5) is 0 Å². The van der Waals surface area contributed by atoms with Crippen molar-refractivity contribution < 1.29 is 19.1 Å². The third-order valence-corrected chi connectivity index (χ3v) is 4.82. The minimum absolute atomic E-state index is 0.181. The second-order valence-electron chi connectivity index (χ2n) is 5.75. The molecule has 3 rings (SSSR count). The van der Waals surface area contributed by atoms with Crippen LogP contribution in [0.3, 0.4) is 0 Å². The van der Waals surface area contributed by atoms with Gasteiger partial charge in [0, 0.05) is 15.4 Å². The Labute approximate surface area is 135 Å². The largest absolute Gasteiger partial charge is 0.480 e. The zero-order chi connectivity index (χ0) is 15.9. The number of carbonyl (C=O) groups excluding carboxylic acids is 1. The molecule has 1 fully saturated rings. The fraction of sp³-hybridized carbons (Fsp3) is 0.375.